The Morgan fingerprint density at radius 2 is 1.86 bits per heavy atom. The van der Waals surface area contributed by atoms with Crippen molar-refractivity contribution in [2.45, 2.75) is 13.0 Å². The maximum absolute atomic E-state index is 12.0. The van der Waals surface area contributed by atoms with E-state index >= 15 is 0 Å². The van der Waals surface area contributed by atoms with Crippen LogP contribution in [0.25, 0.3) is 0 Å². The molecule has 0 saturated heterocycles. The van der Waals surface area contributed by atoms with Gasteiger partial charge in [-0.2, -0.15) is 5.10 Å². The van der Waals surface area contributed by atoms with Gasteiger partial charge >= 0.3 is 0 Å². The van der Waals surface area contributed by atoms with Crippen molar-refractivity contribution in [1.82, 2.24) is 5.43 Å². The van der Waals surface area contributed by atoms with E-state index in [-0.39, 0.29) is 12.3 Å². The van der Waals surface area contributed by atoms with Gasteiger partial charge in [-0.1, -0.05) is 69.5 Å². The number of rotatable bonds is 7. The van der Waals surface area contributed by atoms with Gasteiger partial charge in [-0.3, -0.25) is 4.79 Å². The Hall–Kier alpha value is -2.34. The summed E-state index contributed by atoms with van der Waals surface area (Å²) in [7, 11) is 0. The zero-order valence-corrected chi connectivity index (χ0v) is 18.3. The summed E-state index contributed by atoms with van der Waals surface area (Å²) in [6, 6.07) is 20.2. The Kier molecular flexibility index (Phi) is 7.69. The van der Waals surface area contributed by atoms with Crippen LogP contribution in [0.2, 0.25) is 10.0 Å². The van der Waals surface area contributed by atoms with E-state index in [1.54, 1.807) is 18.3 Å². The van der Waals surface area contributed by atoms with Crippen LogP contribution in [0.4, 0.5) is 0 Å². The number of nitrogens with one attached hydrogen (secondary N) is 1. The van der Waals surface area contributed by atoms with Crippen LogP contribution in [0.3, 0.4) is 0 Å². The molecule has 0 bridgehead atoms. The van der Waals surface area contributed by atoms with Crippen molar-refractivity contribution < 1.29 is 9.53 Å². The highest BCUT2D eigenvalue weighted by molar-refractivity contribution is 9.10. The maximum atomic E-state index is 12.0. The minimum Gasteiger partial charge on any atom is -0.489 e. The molecule has 0 unspecified atom stereocenters. The fraction of sp³-hybridized carbons (Fsp3) is 0.0909. The van der Waals surface area contributed by atoms with Gasteiger partial charge in [0.2, 0.25) is 5.91 Å². The monoisotopic (exact) mass is 490 g/mol. The lowest BCUT2D eigenvalue weighted by Gasteiger charge is -2.08. The molecule has 0 fully saturated rings. The number of hydrogen-bond acceptors (Lipinski definition) is 3. The fourth-order valence-corrected chi connectivity index (χ4v) is 3.22. The summed E-state index contributed by atoms with van der Waals surface area (Å²) in [5.74, 6) is 0.481. The Morgan fingerprint density at radius 3 is 2.62 bits per heavy atom. The molecule has 1 N–H and O–H groups in total. The quantitative estimate of drug-likeness (QED) is 0.324. The third kappa shape index (κ3) is 6.89. The molecule has 0 aliphatic carbocycles. The van der Waals surface area contributed by atoms with E-state index in [2.05, 4.69) is 26.5 Å². The van der Waals surface area contributed by atoms with E-state index in [1.807, 2.05) is 54.6 Å². The summed E-state index contributed by atoms with van der Waals surface area (Å²) in [6.45, 7) is 0.320. The molecule has 0 spiro atoms. The van der Waals surface area contributed by atoms with Gasteiger partial charge in [-0.25, -0.2) is 5.43 Å². The van der Waals surface area contributed by atoms with E-state index in [9.17, 15) is 4.79 Å². The first-order valence-corrected chi connectivity index (χ1v) is 10.3. The predicted molar refractivity (Wildman–Crippen MR) is 121 cm³/mol. The van der Waals surface area contributed by atoms with Gasteiger partial charge in [0.25, 0.3) is 0 Å². The Morgan fingerprint density at radius 1 is 1.07 bits per heavy atom. The Labute approximate surface area is 187 Å². The smallest absolute Gasteiger partial charge is 0.244 e. The second-order valence-electron chi connectivity index (χ2n) is 6.19. The molecule has 7 heteroatoms. The number of carbonyl (C=O) groups is 1. The molecule has 0 atom stereocenters. The van der Waals surface area contributed by atoms with Crippen LogP contribution in [0, 0.1) is 0 Å². The first-order valence-electron chi connectivity index (χ1n) is 8.73. The molecule has 0 saturated carbocycles. The van der Waals surface area contributed by atoms with Gasteiger partial charge in [0, 0.05) is 20.1 Å². The number of hydrazone groups is 1. The summed E-state index contributed by atoms with van der Waals surface area (Å²) in [5, 5.41) is 5.15. The van der Waals surface area contributed by atoms with Crippen LogP contribution >= 0.6 is 39.1 Å². The molecule has 148 valence electrons. The van der Waals surface area contributed by atoms with Gasteiger partial charge < -0.3 is 4.74 Å². The van der Waals surface area contributed by atoms with Crippen molar-refractivity contribution in [2.24, 2.45) is 5.10 Å². The van der Waals surface area contributed by atoms with Gasteiger partial charge in [-0.05, 0) is 47.5 Å². The highest BCUT2D eigenvalue weighted by Gasteiger charge is 2.04. The van der Waals surface area contributed by atoms with Crippen molar-refractivity contribution in [1.29, 1.82) is 0 Å². The number of carbonyl (C=O) groups excluding carboxylic acids is 1. The minimum atomic E-state index is -0.187. The summed E-state index contributed by atoms with van der Waals surface area (Å²) in [4.78, 5) is 12.0. The molecule has 3 aromatic carbocycles. The third-order valence-corrected chi connectivity index (χ3v) is 5.06. The normalized spacial score (nSPS) is 10.9. The average Bonchev–Trinajstić information content (AvgIpc) is 2.69. The molecule has 0 aliphatic rings. The van der Waals surface area contributed by atoms with Crippen molar-refractivity contribution >= 4 is 51.3 Å². The zero-order valence-electron chi connectivity index (χ0n) is 15.2. The molecular weight excluding hydrogens is 475 g/mol. The van der Waals surface area contributed by atoms with Crippen LogP contribution in [-0.4, -0.2) is 12.1 Å². The number of halogens is 3. The summed E-state index contributed by atoms with van der Waals surface area (Å²) in [5.41, 5.74) is 5.09. The van der Waals surface area contributed by atoms with Crippen LogP contribution in [-0.2, 0) is 17.8 Å². The lowest BCUT2D eigenvalue weighted by atomic mass is 10.1. The van der Waals surface area contributed by atoms with E-state index in [0.717, 1.165) is 21.2 Å². The molecule has 0 radical (unpaired) electrons. The van der Waals surface area contributed by atoms with E-state index in [1.165, 1.54) is 0 Å². The number of hydrogen-bond donors (Lipinski definition) is 1. The standard InChI is InChI=1S/C22H17BrCl2N2O2/c23-18-7-4-15(5-8-18)11-22(28)27-26-13-16-2-1-3-20(10-16)29-14-17-6-9-19(24)12-21(17)25/h1-10,12-13H,11,14H2,(H,27,28)/b26-13-. The summed E-state index contributed by atoms with van der Waals surface area (Å²) < 4.78 is 6.76. The van der Waals surface area contributed by atoms with E-state index in [4.69, 9.17) is 27.9 Å². The third-order valence-electron chi connectivity index (χ3n) is 3.95. The SMILES string of the molecule is O=C(Cc1ccc(Br)cc1)N/N=C\c1cccc(OCc2ccc(Cl)cc2Cl)c1. The number of ether oxygens (including phenoxy) is 1. The van der Waals surface area contributed by atoms with Gasteiger partial charge in [0.15, 0.2) is 0 Å². The van der Waals surface area contributed by atoms with Gasteiger partial charge in [-0.15, -0.1) is 0 Å². The molecule has 29 heavy (non-hydrogen) atoms. The van der Waals surface area contributed by atoms with Crippen LogP contribution in [0.15, 0.2) is 76.3 Å². The lowest BCUT2D eigenvalue weighted by molar-refractivity contribution is -0.120. The second kappa shape index (κ2) is 10.4. The van der Waals surface area contributed by atoms with E-state index < -0.39 is 0 Å². The van der Waals surface area contributed by atoms with Crippen molar-refractivity contribution in [3.05, 3.63) is 97.9 Å². The van der Waals surface area contributed by atoms with Crippen molar-refractivity contribution in [2.75, 3.05) is 0 Å². The van der Waals surface area contributed by atoms with Crippen LogP contribution < -0.4 is 10.2 Å². The molecule has 3 rings (SSSR count). The molecule has 3 aromatic rings. The highest BCUT2D eigenvalue weighted by Crippen LogP contribution is 2.23. The molecule has 0 aromatic heterocycles. The fourth-order valence-electron chi connectivity index (χ4n) is 2.49. The number of nitrogens with zero attached hydrogens (tertiary/aromatic N) is 1. The molecule has 0 heterocycles. The Balaban J connectivity index is 1.53. The summed E-state index contributed by atoms with van der Waals surface area (Å²) >= 11 is 15.4. The van der Waals surface area contributed by atoms with Gasteiger partial charge in [0.1, 0.15) is 12.4 Å². The largest absolute Gasteiger partial charge is 0.489 e. The highest BCUT2D eigenvalue weighted by atomic mass is 79.9. The second-order valence-corrected chi connectivity index (χ2v) is 7.95. The average molecular weight is 492 g/mol. The number of amides is 1. The lowest BCUT2D eigenvalue weighted by Crippen LogP contribution is -2.19. The van der Waals surface area contributed by atoms with Crippen molar-refractivity contribution in [3.8, 4) is 5.75 Å². The minimum absolute atomic E-state index is 0.187. The first kappa shape index (κ1) is 21.4. The molecule has 1 amide bonds. The predicted octanol–water partition coefficient (Wildman–Crippen LogP) is 6.03. The first-order chi connectivity index (χ1) is 14.0. The van der Waals surface area contributed by atoms with Crippen LogP contribution in [0.1, 0.15) is 16.7 Å². The molecule has 0 aliphatic heterocycles. The van der Waals surface area contributed by atoms with Gasteiger partial charge in [0.05, 0.1) is 12.6 Å². The van der Waals surface area contributed by atoms with E-state index in [0.29, 0.717) is 22.4 Å². The summed E-state index contributed by atoms with van der Waals surface area (Å²) in [6.07, 6.45) is 1.83. The topological polar surface area (TPSA) is 50.7 Å². The van der Waals surface area contributed by atoms with Crippen molar-refractivity contribution in [3.63, 3.8) is 0 Å². The number of benzene rings is 3. The maximum Gasteiger partial charge on any atom is 0.244 e. The Bertz CT molecular complexity index is 1020. The van der Waals surface area contributed by atoms with Crippen LogP contribution in [0.5, 0.6) is 5.75 Å². The molecule has 4 nitrogen and oxygen atoms in total. The zero-order chi connectivity index (χ0) is 20.6. The molecular formula is C22H17BrCl2N2O2.